The lowest BCUT2D eigenvalue weighted by Crippen LogP contribution is -2.45. The van der Waals surface area contributed by atoms with Gasteiger partial charge < -0.3 is 10.4 Å². The Bertz CT molecular complexity index is 279. The summed E-state index contributed by atoms with van der Waals surface area (Å²) >= 11 is 0. The highest BCUT2D eigenvalue weighted by Crippen LogP contribution is 2.05. The molecule has 0 radical (unpaired) electrons. The lowest BCUT2D eigenvalue weighted by atomic mass is 10.1. The third-order valence-corrected chi connectivity index (χ3v) is 3.03. The van der Waals surface area contributed by atoms with Crippen molar-refractivity contribution < 1.29 is 14.7 Å². The van der Waals surface area contributed by atoms with E-state index in [1.807, 2.05) is 32.6 Å². The molecule has 18 heavy (non-hydrogen) atoms. The minimum atomic E-state index is -0.831. The van der Waals surface area contributed by atoms with Crippen LogP contribution < -0.4 is 5.32 Å². The maximum absolute atomic E-state index is 11.8. The van der Waals surface area contributed by atoms with E-state index in [4.69, 9.17) is 5.11 Å². The van der Waals surface area contributed by atoms with E-state index >= 15 is 0 Å². The number of carboxylic acid groups (broad SMARTS) is 1. The molecule has 0 fully saturated rings. The van der Waals surface area contributed by atoms with Crippen LogP contribution in [0.25, 0.3) is 0 Å². The van der Waals surface area contributed by atoms with Crippen LogP contribution in [-0.2, 0) is 9.59 Å². The first-order valence-corrected chi connectivity index (χ1v) is 6.54. The topological polar surface area (TPSA) is 69.6 Å². The van der Waals surface area contributed by atoms with Gasteiger partial charge in [0, 0.05) is 18.6 Å². The summed E-state index contributed by atoms with van der Waals surface area (Å²) in [7, 11) is 0. The number of aliphatic carboxylic acids is 1. The first-order valence-electron chi connectivity index (χ1n) is 6.54. The number of nitrogens with one attached hydrogen (secondary N) is 1. The summed E-state index contributed by atoms with van der Waals surface area (Å²) < 4.78 is 0. The summed E-state index contributed by atoms with van der Waals surface area (Å²) in [5, 5.41) is 11.8. The molecule has 0 saturated heterocycles. The van der Waals surface area contributed by atoms with Gasteiger partial charge in [-0.15, -0.1) is 0 Å². The fraction of sp³-hybridized carbons (Fsp3) is 0.846. The molecule has 0 aromatic carbocycles. The van der Waals surface area contributed by atoms with Crippen LogP contribution in [0.15, 0.2) is 0 Å². The highest BCUT2D eigenvalue weighted by atomic mass is 16.4. The minimum Gasteiger partial charge on any atom is -0.481 e. The zero-order chi connectivity index (χ0) is 14.3. The van der Waals surface area contributed by atoms with E-state index in [0.717, 1.165) is 6.42 Å². The molecule has 5 heteroatoms. The van der Waals surface area contributed by atoms with Crippen molar-refractivity contribution in [3.05, 3.63) is 0 Å². The number of carbonyl (C=O) groups excluding carboxylic acids is 1. The van der Waals surface area contributed by atoms with Crippen LogP contribution in [0.3, 0.4) is 0 Å². The molecule has 2 unspecified atom stereocenters. The molecule has 5 nitrogen and oxygen atoms in total. The van der Waals surface area contributed by atoms with Crippen molar-refractivity contribution >= 4 is 11.9 Å². The summed E-state index contributed by atoms with van der Waals surface area (Å²) in [4.78, 5) is 24.5. The van der Waals surface area contributed by atoms with Gasteiger partial charge in [-0.25, -0.2) is 0 Å². The Kier molecular flexibility index (Phi) is 7.59. The number of rotatable bonds is 8. The van der Waals surface area contributed by atoms with Crippen molar-refractivity contribution in [3.8, 4) is 0 Å². The van der Waals surface area contributed by atoms with E-state index in [2.05, 4.69) is 5.32 Å². The van der Waals surface area contributed by atoms with Crippen molar-refractivity contribution in [2.45, 2.75) is 53.1 Å². The molecular formula is C13H26N2O3. The summed E-state index contributed by atoms with van der Waals surface area (Å²) in [6, 6.07) is 0.304. The second kappa shape index (κ2) is 8.08. The fourth-order valence-electron chi connectivity index (χ4n) is 1.49. The normalized spacial score (nSPS) is 14.6. The molecule has 0 aliphatic carbocycles. The third-order valence-electron chi connectivity index (χ3n) is 3.03. The molecule has 0 rings (SSSR count). The Hall–Kier alpha value is -1.10. The van der Waals surface area contributed by atoms with Crippen molar-refractivity contribution in [1.82, 2.24) is 10.2 Å². The summed E-state index contributed by atoms with van der Waals surface area (Å²) in [6.07, 6.45) is 0.888. The van der Waals surface area contributed by atoms with E-state index in [1.54, 1.807) is 6.92 Å². The Morgan fingerprint density at radius 1 is 1.22 bits per heavy atom. The minimum absolute atomic E-state index is 0.0457. The summed E-state index contributed by atoms with van der Waals surface area (Å²) in [5.74, 6) is -1.34. The molecule has 0 aromatic heterocycles. The largest absolute Gasteiger partial charge is 0.481 e. The van der Waals surface area contributed by atoms with Gasteiger partial charge in [-0.2, -0.15) is 0 Å². The lowest BCUT2D eigenvalue weighted by molar-refractivity contribution is -0.142. The highest BCUT2D eigenvalue weighted by molar-refractivity contribution is 5.78. The number of amides is 1. The van der Waals surface area contributed by atoms with E-state index in [0.29, 0.717) is 6.54 Å². The standard InChI is InChI=1S/C13H26N2O3/c1-6-11(5)14-12(16)8-15(9(2)3)7-10(4)13(17)18/h9-11H,6-8H2,1-5H3,(H,14,16)(H,17,18). The van der Waals surface area contributed by atoms with Gasteiger partial charge >= 0.3 is 5.97 Å². The van der Waals surface area contributed by atoms with Gasteiger partial charge in [-0.3, -0.25) is 14.5 Å². The van der Waals surface area contributed by atoms with Crippen LogP contribution >= 0.6 is 0 Å². The van der Waals surface area contributed by atoms with Crippen molar-refractivity contribution in [2.75, 3.05) is 13.1 Å². The van der Waals surface area contributed by atoms with Gasteiger partial charge in [-0.05, 0) is 27.2 Å². The first kappa shape index (κ1) is 16.9. The predicted molar refractivity (Wildman–Crippen MR) is 71.4 cm³/mol. The third kappa shape index (κ3) is 6.59. The maximum Gasteiger partial charge on any atom is 0.307 e. The van der Waals surface area contributed by atoms with Crippen LogP contribution in [0.1, 0.15) is 41.0 Å². The molecule has 2 atom stereocenters. The Morgan fingerprint density at radius 3 is 2.17 bits per heavy atom. The molecule has 0 aliphatic rings. The van der Waals surface area contributed by atoms with E-state index in [9.17, 15) is 9.59 Å². The average molecular weight is 258 g/mol. The van der Waals surface area contributed by atoms with E-state index in [-0.39, 0.29) is 24.5 Å². The Labute approximate surface area is 110 Å². The van der Waals surface area contributed by atoms with Gasteiger partial charge in [0.25, 0.3) is 0 Å². The predicted octanol–water partition coefficient (Wildman–Crippen LogP) is 1.33. The Morgan fingerprint density at radius 2 is 1.78 bits per heavy atom. The summed E-state index contributed by atoms with van der Waals surface area (Å²) in [5.41, 5.74) is 0. The van der Waals surface area contributed by atoms with Gasteiger partial charge in [0.05, 0.1) is 12.5 Å². The van der Waals surface area contributed by atoms with Crippen LogP contribution in [-0.4, -0.2) is 47.1 Å². The molecule has 0 aromatic rings. The van der Waals surface area contributed by atoms with Gasteiger partial charge in [-0.1, -0.05) is 13.8 Å². The lowest BCUT2D eigenvalue weighted by Gasteiger charge is -2.28. The van der Waals surface area contributed by atoms with Crippen LogP contribution in [0.2, 0.25) is 0 Å². The molecule has 2 N–H and O–H groups in total. The SMILES string of the molecule is CCC(C)NC(=O)CN(CC(C)C(=O)O)C(C)C. The first-order chi connectivity index (χ1) is 8.27. The van der Waals surface area contributed by atoms with Crippen molar-refractivity contribution in [1.29, 1.82) is 0 Å². The smallest absolute Gasteiger partial charge is 0.307 e. The fourth-order valence-corrected chi connectivity index (χ4v) is 1.49. The second-order valence-electron chi connectivity index (χ2n) is 5.14. The molecule has 1 amide bonds. The monoisotopic (exact) mass is 258 g/mol. The zero-order valence-corrected chi connectivity index (χ0v) is 12.1. The average Bonchev–Trinajstić information content (AvgIpc) is 2.27. The van der Waals surface area contributed by atoms with Crippen LogP contribution in [0.5, 0.6) is 0 Å². The molecular weight excluding hydrogens is 232 g/mol. The second-order valence-corrected chi connectivity index (χ2v) is 5.14. The molecule has 0 bridgehead atoms. The molecule has 106 valence electrons. The zero-order valence-electron chi connectivity index (χ0n) is 12.1. The molecule has 0 saturated carbocycles. The Balaban J connectivity index is 4.36. The van der Waals surface area contributed by atoms with Crippen molar-refractivity contribution in [3.63, 3.8) is 0 Å². The quantitative estimate of drug-likeness (QED) is 0.689. The number of carbonyl (C=O) groups is 2. The maximum atomic E-state index is 11.8. The number of hydrogen-bond donors (Lipinski definition) is 2. The molecule has 0 spiro atoms. The molecule has 0 heterocycles. The van der Waals surface area contributed by atoms with Crippen LogP contribution in [0.4, 0.5) is 0 Å². The number of carboxylic acids is 1. The van der Waals surface area contributed by atoms with Crippen molar-refractivity contribution in [2.24, 2.45) is 5.92 Å². The van der Waals surface area contributed by atoms with Gasteiger partial charge in [0.15, 0.2) is 0 Å². The van der Waals surface area contributed by atoms with Crippen LogP contribution in [0, 0.1) is 5.92 Å². The van der Waals surface area contributed by atoms with Gasteiger partial charge in [0.2, 0.25) is 5.91 Å². The highest BCUT2D eigenvalue weighted by Gasteiger charge is 2.20. The number of hydrogen-bond acceptors (Lipinski definition) is 3. The van der Waals surface area contributed by atoms with E-state index in [1.165, 1.54) is 0 Å². The van der Waals surface area contributed by atoms with E-state index < -0.39 is 11.9 Å². The molecule has 0 aliphatic heterocycles. The van der Waals surface area contributed by atoms with Gasteiger partial charge in [0.1, 0.15) is 0 Å². The summed E-state index contributed by atoms with van der Waals surface area (Å²) in [6.45, 7) is 10.2. The number of nitrogens with zero attached hydrogens (tertiary/aromatic N) is 1.